The molecule has 1 aromatic carbocycles. The molecule has 0 spiro atoms. The van der Waals surface area contributed by atoms with Gasteiger partial charge in [-0.1, -0.05) is 18.6 Å². The van der Waals surface area contributed by atoms with Gasteiger partial charge in [-0.15, -0.1) is 0 Å². The largest absolute Gasteiger partial charge is 0.481 e. The van der Waals surface area contributed by atoms with E-state index in [4.69, 9.17) is 9.47 Å². The highest BCUT2D eigenvalue weighted by molar-refractivity contribution is 5.34. The van der Waals surface area contributed by atoms with Crippen molar-refractivity contribution in [2.45, 2.75) is 31.4 Å². The van der Waals surface area contributed by atoms with Crippen molar-refractivity contribution >= 4 is 0 Å². The summed E-state index contributed by atoms with van der Waals surface area (Å²) < 4.78 is 38.2. The van der Waals surface area contributed by atoms with Crippen LogP contribution in [-0.4, -0.2) is 47.3 Å². The van der Waals surface area contributed by atoms with Crippen molar-refractivity contribution in [3.63, 3.8) is 0 Å². The number of hydrogen-bond acceptors (Lipinski definition) is 6. The predicted octanol–water partition coefficient (Wildman–Crippen LogP) is 2.89. The number of hydrogen-bond donors (Lipinski definition) is 1. The molecule has 2 atom stereocenters. The van der Waals surface area contributed by atoms with E-state index in [2.05, 4.69) is 14.9 Å². The van der Waals surface area contributed by atoms with Crippen molar-refractivity contribution in [3.8, 4) is 11.9 Å². The molecule has 29 heavy (non-hydrogen) atoms. The molecular weight excluding hydrogens is 380 g/mol. The first-order chi connectivity index (χ1) is 14.0. The van der Waals surface area contributed by atoms with Gasteiger partial charge in [0.05, 0.1) is 19.8 Å². The fraction of sp³-hybridized carbons (Fsp3) is 0.524. The zero-order valence-corrected chi connectivity index (χ0v) is 16.6. The minimum atomic E-state index is -1.13. The van der Waals surface area contributed by atoms with Gasteiger partial charge in [-0.25, -0.2) is 13.8 Å². The highest BCUT2D eigenvalue weighted by Gasteiger charge is 2.53. The number of rotatable bonds is 5. The maximum atomic E-state index is 14.1. The minimum absolute atomic E-state index is 0.0856. The third-order valence-electron chi connectivity index (χ3n) is 6.27. The number of halogens is 2. The Balaban J connectivity index is 1.63. The molecular formula is C21H25F2N3O3. The van der Waals surface area contributed by atoms with E-state index < -0.39 is 17.2 Å². The first-order valence-corrected chi connectivity index (χ1v) is 9.80. The van der Waals surface area contributed by atoms with Gasteiger partial charge in [-0.3, -0.25) is 4.90 Å². The van der Waals surface area contributed by atoms with E-state index in [-0.39, 0.29) is 17.8 Å². The second-order valence-electron chi connectivity index (χ2n) is 7.84. The molecule has 2 bridgehead atoms. The van der Waals surface area contributed by atoms with Crippen molar-refractivity contribution < 1.29 is 23.4 Å². The summed E-state index contributed by atoms with van der Waals surface area (Å²) >= 11 is 0. The van der Waals surface area contributed by atoms with E-state index in [9.17, 15) is 13.9 Å². The van der Waals surface area contributed by atoms with Gasteiger partial charge in [0.2, 0.25) is 5.88 Å². The maximum absolute atomic E-state index is 14.1. The third kappa shape index (κ3) is 3.44. The SMILES string of the molecule is COc1ncc(C2(O)[C@@H]3CCC[C@@H]2CN(Cc2cccc(F)c2F)C3)c(OC)n1. The standard InChI is InChI=1S/C21H25F2N3O3/c1-28-19-16(9-24-20(25-19)29-2)21(27)14-6-4-7-15(21)12-26(11-14)10-13-5-3-8-17(22)18(13)23/h3,5,8-9,14-15,27H,4,6-7,10-12H2,1-2H3/t14-,15-/m1/s1. The first kappa shape index (κ1) is 20.0. The number of ether oxygens (including phenoxy) is 2. The van der Waals surface area contributed by atoms with Crippen LogP contribution >= 0.6 is 0 Å². The Morgan fingerprint density at radius 2 is 1.90 bits per heavy atom. The average Bonchev–Trinajstić information content (AvgIpc) is 2.71. The van der Waals surface area contributed by atoms with Crippen LogP contribution in [0.4, 0.5) is 8.78 Å². The molecule has 0 amide bonds. The monoisotopic (exact) mass is 405 g/mol. The summed E-state index contributed by atoms with van der Waals surface area (Å²) in [6, 6.07) is 4.43. The van der Waals surface area contributed by atoms with Crippen molar-refractivity contribution in [2.75, 3.05) is 27.3 Å². The van der Waals surface area contributed by atoms with E-state index in [1.807, 2.05) is 0 Å². The average molecular weight is 405 g/mol. The molecule has 2 aliphatic rings. The Hall–Kier alpha value is -2.32. The quantitative estimate of drug-likeness (QED) is 0.825. The Bertz CT molecular complexity index is 881. The Morgan fingerprint density at radius 1 is 1.17 bits per heavy atom. The van der Waals surface area contributed by atoms with Crippen LogP contribution in [0.1, 0.15) is 30.4 Å². The molecule has 1 aliphatic heterocycles. The molecule has 2 heterocycles. The molecule has 1 aromatic heterocycles. The van der Waals surface area contributed by atoms with Gasteiger partial charge in [0.1, 0.15) is 5.60 Å². The van der Waals surface area contributed by atoms with E-state index in [0.29, 0.717) is 36.6 Å². The van der Waals surface area contributed by atoms with Crippen LogP contribution in [0, 0.1) is 23.5 Å². The summed E-state index contributed by atoms with van der Waals surface area (Å²) in [4.78, 5) is 10.5. The molecule has 1 aliphatic carbocycles. The number of methoxy groups -OCH3 is 2. The maximum Gasteiger partial charge on any atom is 0.319 e. The summed E-state index contributed by atoms with van der Waals surface area (Å²) in [5.74, 6) is -1.50. The first-order valence-electron chi connectivity index (χ1n) is 9.80. The second kappa shape index (κ2) is 7.84. The van der Waals surface area contributed by atoms with Crippen LogP contribution in [0.3, 0.4) is 0 Å². The Labute approximate surface area is 168 Å². The van der Waals surface area contributed by atoms with Crippen LogP contribution in [0.25, 0.3) is 0 Å². The van der Waals surface area contributed by atoms with E-state index in [1.54, 1.807) is 12.3 Å². The summed E-state index contributed by atoms with van der Waals surface area (Å²) in [6.07, 6.45) is 4.24. The molecule has 0 radical (unpaired) electrons. The lowest BCUT2D eigenvalue weighted by Gasteiger charge is -2.53. The molecule has 2 fully saturated rings. The smallest absolute Gasteiger partial charge is 0.319 e. The molecule has 156 valence electrons. The number of aliphatic hydroxyl groups is 1. The molecule has 1 saturated heterocycles. The lowest BCUT2D eigenvalue weighted by Crippen LogP contribution is -2.58. The van der Waals surface area contributed by atoms with Crippen molar-refractivity contribution in [1.82, 2.24) is 14.9 Å². The number of nitrogens with zero attached hydrogens (tertiary/aromatic N) is 3. The van der Waals surface area contributed by atoms with Gasteiger partial charge in [-0.05, 0) is 18.9 Å². The summed E-state index contributed by atoms with van der Waals surface area (Å²) in [5, 5.41) is 11.8. The van der Waals surface area contributed by atoms with Gasteiger partial charge in [0.15, 0.2) is 11.6 Å². The number of benzene rings is 1. The summed E-state index contributed by atoms with van der Waals surface area (Å²) in [7, 11) is 2.98. The van der Waals surface area contributed by atoms with Gasteiger partial charge >= 0.3 is 6.01 Å². The molecule has 4 rings (SSSR count). The zero-order valence-electron chi connectivity index (χ0n) is 16.6. The highest BCUT2D eigenvalue weighted by Crippen LogP contribution is 2.51. The Kier molecular flexibility index (Phi) is 5.40. The highest BCUT2D eigenvalue weighted by atomic mass is 19.2. The van der Waals surface area contributed by atoms with Crippen LogP contribution in [0.15, 0.2) is 24.4 Å². The number of piperidine rings is 1. The van der Waals surface area contributed by atoms with Gasteiger partial charge in [0, 0.05) is 43.2 Å². The van der Waals surface area contributed by atoms with E-state index >= 15 is 0 Å². The topological polar surface area (TPSA) is 67.7 Å². The normalized spacial score (nSPS) is 26.9. The van der Waals surface area contributed by atoms with Crippen molar-refractivity contribution in [1.29, 1.82) is 0 Å². The number of likely N-dealkylation sites (tertiary alicyclic amines) is 1. The van der Waals surface area contributed by atoms with Crippen LogP contribution in [0.5, 0.6) is 11.9 Å². The van der Waals surface area contributed by atoms with Crippen molar-refractivity contribution in [3.05, 3.63) is 47.2 Å². The molecule has 1 N–H and O–H groups in total. The zero-order chi connectivity index (χ0) is 20.6. The lowest BCUT2D eigenvalue weighted by atomic mass is 9.63. The number of aromatic nitrogens is 2. The summed E-state index contributed by atoms with van der Waals surface area (Å²) in [6.45, 7) is 1.44. The Morgan fingerprint density at radius 3 is 2.55 bits per heavy atom. The molecule has 0 unspecified atom stereocenters. The van der Waals surface area contributed by atoms with Crippen molar-refractivity contribution in [2.24, 2.45) is 11.8 Å². The van der Waals surface area contributed by atoms with Gasteiger partial charge in [0.25, 0.3) is 0 Å². The third-order valence-corrected chi connectivity index (χ3v) is 6.27. The fourth-order valence-electron chi connectivity index (χ4n) is 4.90. The fourth-order valence-corrected chi connectivity index (χ4v) is 4.90. The second-order valence-corrected chi connectivity index (χ2v) is 7.84. The van der Waals surface area contributed by atoms with Gasteiger partial charge in [-0.2, -0.15) is 4.98 Å². The molecule has 1 saturated carbocycles. The van der Waals surface area contributed by atoms with Crippen LogP contribution < -0.4 is 9.47 Å². The minimum Gasteiger partial charge on any atom is -0.481 e. The lowest BCUT2D eigenvalue weighted by molar-refractivity contribution is -0.150. The van der Waals surface area contributed by atoms with E-state index in [0.717, 1.165) is 25.3 Å². The van der Waals surface area contributed by atoms with Crippen LogP contribution in [0.2, 0.25) is 0 Å². The van der Waals surface area contributed by atoms with E-state index in [1.165, 1.54) is 20.3 Å². The molecule has 8 heteroatoms. The molecule has 2 aromatic rings. The number of fused-ring (bicyclic) bond motifs is 2. The predicted molar refractivity (Wildman–Crippen MR) is 101 cm³/mol. The van der Waals surface area contributed by atoms with Crippen LogP contribution in [-0.2, 0) is 12.1 Å². The molecule has 6 nitrogen and oxygen atoms in total. The van der Waals surface area contributed by atoms with Gasteiger partial charge < -0.3 is 14.6 Å². The summed E-state index contributed by atoms with van der Waals surface area (Å²) in [5.41, 5.74) is -0.238.